The minimum absolute atomic E-state index is 0.0376. The van der Waals surface area contributed by atoms with Crippen LogP contribution in [0, 0.1) is 5.82 Å². The summed E-state index contributed by atoms with van der Waals surface area (Å²) in [5.74, 6) is -1.89. The van der Waals surface area contributed by atoms with Crippen LogP contribution in [-0.2, 0) is 11.3 Å². The number of aromatic nitrogens is 1. The molecule has 1 atom stereocenters. The molecule has 1 unspecified atom stereocenters. The van der Waals surface area contributed by atoms with E-state index in [4.69, 9.17) is 5.11 Å². The Labute approximate surface area is 145 Å². The molecule has 2 aromatic rings. The Morgan fingerprint density at radius 1 is 1.42 bits per heavy atom. The number of pyridine rings is 1. The quantitative estimate of drug-likeness (QED) is 0.834. The second-order valence-corrected chi connectivity index (χ2v) is 6.26. The molecule has 0 fully saturated rings. The summed E-state index contributed by atoms with van der Waals surface area (Å²) >= 11 is 3.18. The van der Waals surface area contributed by atoms with Crippen LogP contribution in [-0.4, -0.2) is 27.0 Å². The van der Waals surface area contributed by atoms with Crippen molar-refractivity contribution in [1.82, 2.24) is 15.4 Å². The minimum Gasteiger partial charge on any atom is -0.481 e. The number of carbonyl (C=O) groups excluding carboxylic acids is 1. The molecule has 0 bridgehead atoms. The van der Waals surface area contributed by atoms with Gasteiger partial charge in [-0.1, -0.05) is 28.1 Å². The first kappa shape index (κ1) is 16.5. The fourth-order valence-electron chi connectivity index (χ4n) is 2.59. The van der Waals surface area contributed by atoms with Crippen LogP contribution in [0.5, 0.6) is 0 Å². The van der Waals surface area contributed by atoms with Crippen LogP contribution in [0.2, 0.25) is 0 Å². The van der Waals surface area contributed by atoms with Crippen molar-refractivity contribution in [1.29, 1.82) is 0 Å². The number of halogens is 2. The molecular formula is C16H13BrFN3O3. The SMILES string of the molecule is O=C(O)CC1NN(Cc2ccc(Br)cc2F)C(=O)c2ncccc21. The van der Waals surface area contributed by atoms with Crippen molar-refractivity contribution in [3.63, 3.8) is 0 Å². The van der Waals surface area contributed by atoms with Crippen molar-refractivity contribution in [2.24, 2.45) is 0 Å². The summed E-state index contributed by atoms with van der Waals surface area (Å²) in [6.07, 6.45) is 1.25. The second kappa shape index (κ2) is 6.66. The Morgan fingerprint density at radius 2 is 2.21 bits per heavy atom. The molecule has 124 valence electrons. The number of carboxylic acid groups (broad SMARTS) is 1. The summed E-state index contributed by atoms with van der Waals surface area (Å²) in [6, 6.07) is 7.25. The van der Waals surface area contributed by atoms with Crippen molar-refractivity contribution < 1.29 is 19.1 Å². The molecule has 1 aliphatic rings. The molecule has 6 nitrogen and oxygen atoms in total. The number of fused-ring (bicyclic) bond motifs is 1. The lowest BCUT2D eigenvalue weighted by molar-refractivity contribution is -0.138. The molecule has 3 rings (SSSR count). The average Bonchev–Trinajstić information content (AvgIpc) is 2.54. The Balaban J connectivity index is 1.92. The first-order valence-corrected chi connectivity index (χ1v) is 7.93. The Bertz CT molecular complexity index is 815. The monoisotopic (exact) mass is 393 g/mol. The Morgan fingerprint density at radius 3 is 2.92 bits per heavy atom. The van der Waals surface area contributed by atoms with Gasteiger partial charge >= 0.3 is 5.97 Å². The smallest absolute Gasteiger partial charge is 0.305 e. The van der Waals surface area contributed by atoms with E-state index in [1.165, 1.54) is 17.3 Å². The minimum atomic E-state index is -1.01. The molecule has 0 saturated carbocycles. The van der Waals surface area contributed by atoms with E-state index in [1.54, 1.807) is 24.3 Å². The normalized spacial score (nSPS) is 16.8. The molecule has 2 heterocycles. The summed E-state index contributed by atoms with van der Waals surface area (Å²) in [7, 11) is 0. The number of carboxylic acids is 1. The van der Waals surface area contributed by atoms with E-state index in [2.05, 4.69) is 26.3 Å². The van der Waals surface area contributed by atoms with Gasteiger partial charge in [0.25, 0.3) is 5.91 Å². The van der Waals surface area contributed by atoms with E-state index >= 15 is 0 Å². The highest BCUT2D eigenvalue weighted by molar-refractivity contribution is 9.10. The van der Waals surface area contributed by atoms with Gasteiger partial charge in [-0.25, -0.2) is 9.82 Å². The molecule has 1 aliphatic heterocycles. The van der Waals surface area contributed by atoms with Crippen molar-refractivity contribution in [2.75, 3.05) is 0 Å². The Hall–Kier alpha value is -2.32. The molecule has 1 amide bonds. The highest BCUT2D eigenvalue weighted by Crippen LogP contribution is 2.27. The number of benzene rings is 1. The van der Waals surface area contributed by atoms with E-state index in [-0.39, 0.29) is 18.7 Å². The van der Waals surface area contributed by atoms with Crippen molar-refractivity contribution in [3.05, 3.63) is 63.6 Å². The molecule has 0 spiro atoms. The lowest BCUT2D eigenvalue weighted by atomic mass is 9.99. The Kier molecular flexibility index (Phi) is 4.59. The molecule has 0 saturated heterocycles. The zero-order valence-corrected chi connectivity index (χ0v) is 14.0. The summed E-state index contributed by atoms with van der Waals surface area (Å²) < 4.78 is 14.6. The van der Waals surface area contributed by atoms with Gasteiger partial charge in [-0.2, -0.15) is 0 Å². The highest BCUT2D eigenvalue weighted by Gasteiger charge is 2.33. The summed E-state index contributed by atoms with van der Waals surface area (Å²) in [4.78, 5) is 27.7. The molecule has 1 aromatic carbocycles. The number of rotatable bonds is 4. The standard InChI is InChI=1S/C16H13BrFN3O3/c17-10-4-3-9(12(18)6-10)8-21-16(24)15-11(2-1-5-19-15)13(20-21)7-14(22)23/h1-6,13,20H,7-8H2,(H,22,23). The first-order valence-electron chi connectivity index (χ1n) is 7.14. The van der Waals surface area contributed by atoms with Crippen LogP contribution in [0.4, 0.5) is 4.39 Å². The number of hydrazine groups is 1. The first-order chi connectivity index (χ1) is 11.5. The second-order valence-electron chi connectivity index (χ2n) is 5.35. The summed E-state index contributed by atoms with van der Waals surface area (Å²) in [5, 5.41) is 10.3. The lowest BCUT2D eigenvalue weighted by Crippen LogP contribution is -2.49. The molecule has 0 aliphatic carbocycles. The van der Waals surface area contributed by atoms with Gasteiger partial charge in [0.15, 0.2) is 0 Å². The third kappa shape index (κ3) is 3.29. The molecule has 8 heteroatoms. The van der Waals surface area contributed by atoms with Gasteiger partial charge in [-0.05, 0) is 18.2 Å². The maximum atomic E-state index is 14.0. The number of aliphatic carboxylic acids is 1. The molecule has 0 radical (unpaired) electrons. The third-order valence-corrected chi connectivity index (χ3v) is 4.19. The van der Waals surface area contributed by atoms with Crippen LogP contribution in [0.15, 0.2) is 41.0 Å². The van der Waals surface area contributed by atoms with Crippen molar-refractivity contribution >= 4 is 27.8 Å². The van der Waals surface area contributed by atoms with Gasteiger partial charge in [-0.15, -0.1) is 0 Å². The summed E-state index contributed by atoms with van der Waals surface area (Å²) in [5.41, 5.74) is 3.88. The highest BCUT2D eigenvalue weighted by atomic mass is 79.9. The van der Waals surface area contributed by atoms with E-state index in [9.17, 15) is 14.0 Å². The van der Waals surface area contributed by atoms with Crippen LogP contribution in [0.1, 0.15) is 34.1 Å². The van der Waals surface area contributed by atoms with E-state index in [0.29, 0.717) is 15.6 Å². The number of nitrogens with one attached hydrogen (secondary N) is 1. The van der Waals surface area contributed by atoms with Crippen LogP contribution < -0.4 is 5.43 Å². The maximum Gasteiger partial charge on any atom is 0.305 e. The fraction of sp³-hybridized carbons (Fsp3) is 0.188. The number of nitrogens with zero attached hydrogens (tertiary/aromatic N) is 2. The molecule has 1 aromatic heterocycles. The van der Waals surface area contributed by atoms with E-state index in [0.717, 1.165) is 0 Å². The zero-order valence-electron chi connectivity index (χ0n) is 12.4. The van der Waals surface area contributed by atoms with Crippen molar-refractivity contribution in [3.8, 4) is 0 Å². The van der Waals surface area contributed by atoms with E-state index < -0.39 is 23.7 Å². The maximum absolute atomic E-state index is 14.0. The predicted molar refractivity (Wildman–Crippen MR) is 86.3 cm³/mol. The zero-order chi connectivity index (χ0) is 17.3. The third-order valence-electron chi connectivity index (χ3n) is 3.70. The average molecular weight is 394 g/mol. The summed E-state index contributed by atoms with van der Waals surface area (Å²) in [6.45, 7) is -0.0376. The largest absolute Gasteiger partial charge is 0.481 e. The fourth-order valence-corrected chi connectivity index (χ4v) is 2.92. The molecular weight excluding hydrogens is 381 g/mol. The number of hydrogen-bond donors (Lipinski definition) is 2. The van der Waals surface area contributed by atoms with Gasteiger partial charge in [0.2, 0.25) is 0 Å². The van der Waals surface area contributed by atoms with Gasteiger partial charge < -0.3 is 5.11 Å². The van der Waals surface area contributed by atoms with Gasteiger partial charge in [-0.3, -0.25) is 19.6 Å². The number of amides is 1. The van der Waals surface area contributed by atoms with E-state index in [1.807, 2.05) is 0 Å². The van der Waals surface area contributed by atoms with Crippen LogP contribution in [0.3, 0.4) is 0 Å². The van der Waals surface area contributed by atoms with Crippen LogP contribution >= 0.6 is 15.9 Å². The predicted octanol–water partition coefficient (Wildman–Crippen LogP) is 2.66. The van der Waals surface area contributed by atoms with Gasteiger partial charge in [0, 0.05) is 21.8 Å². The molecule has 24 heavy (non-hydrogen) atoms. The van der Waals surface area contributed by atoms with Gasteiger partial charge in [0.1, 0.15) is 11.5 Å². The number of hydrogen-bond acceptors (Lipinski definition) is 4. The van der Waals surface area contributed by atoms with Crippen LogP contribution in [0.25, 0.3) is 0 Å². The lowest BCUT2D eigenvalue weighted by Gasteiger charge is -2.34. The number of carbonyl (C=O) groups is 2. The van der Waals surface area contributed by atoms with Crippen molar-refractivity contribution in [2.45, 2.75) is 19.0 Å². The van der Waals surface area contributed by atoms with Gasteiger partial charge in [0.05, 0.1) is 19.0 Å². The topological polar surface area (TPSA) is 82.5 Å². The molecule has 2 N–H and O–H groups in total.